The third kappa shape index (κ3) is 6.84. The van der Waals surface area contributed by atoms with Gasteiger partial charge in [-0.2, -0.15) is 31.2 Å². The highest BCUT2D eigenvalue weighted by Gasteiger charge is 2.47. The Morgan fingerprint density at radius 1 is 1.04 bits per heavy atom. The molecule has 4 heterocycles. The predicted octanol–water partition coefficient (Wildman–Crippen LogP) is 4.49. The highest BCUT2D eigenvalue weighted by Crippen LogP contribution is 2.39. The second kappa shape index (κ2) is 13.6. The molecule has 7 rings (SSSR count). The van der Waals surface area contributed by atoms with Crippen LogP contribution in [0.25, 0.3) is 16.6 Å². The molecule has 0 saturated carbocycles. The summed E-state index contributed by atoms with van der Waals surface area (Å²) >= 11 is 0. The number of nitrogens with one attached hydrogen (secondary N) is 1. The minimum atomic E-state index is -5.69. The number of halogens is 5. The number of nitriles is 1. The number of hydrogen-bond acceptors (Lipinski definition) is 10. The van der Waals surface area contributed by atoms with Crippen LogP contribution in [-0.2, 0) is 19.8 Å². The van der Waals surface area contributed by atoms with Crippen LogP contribution in [0.2, 0.25) is 0 Å². The van der Waals surface area contributed by atoms with E-state index in [1.807, 2.05) is 12.1 Å². The summed E-state index contributed by atoms with van der Waals surface area (Å²) in [5.41, 5.74) is -0.419. The van der Waals surface area contributed by atoms with Crippen molar-refractivity contribution in [1.82, 2.24) is 19.2 Å². The van der Waals surface area contributed by atoms with Gasteiger partial charge in [-0.05, 0) is 79.3 Å². The lowest BCUT2D eigenvalue weighted by Crippen LogP contribution is -2.58. The Kier molecular flexibility index (Phi) is 9.24. The number of hydrogen-bond donors (Lipinski definition) is 1. The van der Waals surface area contributed by atoms with Crippen LogP contribution < -0.4 is 25.0 Å². The molecule has 3 aliphatic rings. The molecule has 0 amide bonds. The van der Waals surface area contributed by atoms with Gasteiger partial charge in [-0.25, -0.2) is 18.6 Å². The van der Waals surface area contributed by atoms with E-state index in [1.54, 1.807) is 12.1 Å². The fourth-order valence-corrected chi connectivity index (χ4v) is 8.08. The normalized spacial score (nSPS) is 18.8. The number of alkyl halides is 4. The lowest BCUT2D eigenvalue weighted by molar-refractivity contribution is -0.199. The van der Waals surface area contributed by atoms with Gasteiger partial charge >= 0.3 is 22.4 Å². The number of piperidine rings is 1. The second-order valence-electron chi connectivity index (χ2n) is 13.0. The third-order valence-corrected chi connectivity index (χ3v) is 11.4. The zero-order valence-electron chi connectivity index (χ0n) is 27.6. The van der Waals surface area contributed by atoms with Gasteiger partial charge in [0.05, 0.1) is 16.6 Å². The number of anilines is 2. The van der Waals surface area contributed by atoms with Crippen LogP contribution in [0.15, 0.2) is 65.7 Å². The van der Waals surface area contributed by atoms with Gasteiger partial charge in [0.15, 0.2) is 11.6 Å². The van der Waals surface area contributed by atoms with Gasteiger partial charge in [0.1, 0.15) is 35.6 Å². The van der Waals surface area contributed by atoms with E-state index in [-0.39, 0.29) is 23.1 Å². The predicted molar refractivity (Wildman–Crippen MR) is 180 cm³/mol. The maximum atomic E-state index is 15.3. The van der Waals surface area contributed by atoms with Gasteiger partial charge in [-0.1, -0.05) is 4.47 Å². The molecule has 0 bridgehead atoms. The van der Waals surface area contributed by atoms with Crippen LogP contribution in [0.4, 0.5) is 33.3 Å². The van der Waals surface area contributed by atoms with E-state index in [9.17, 15) is 40.8 Å². The molecular weight excluding hydrogens is 729 g/mol. The number of fused-ring (bicyclic) bond motifs is 1. The number of nitrogens with zero attached hydrogens (tertiary/aromatic N) is 6. The molecule has 0 radical (unpaired) electrons. The van der Waals surface area contributed by atoms with Crippen LogP contribution in [0.5, 0.6) is 11.5 Å². The summed E-state index contributed by atoms with van der Waals surface area (Å²) in [6.07, 6.45) is -4.14. The quantitative estimate of drug-likeness (QED) is 0.201. The number of ether oxygens (including phenoxy) is 1. The third-order valence-electron chi connectivity index (χ3n) is 9.69. The van der Waals surface area contributed by atoms with Gasteiger partial charge in [0, 0.05) is 45.0 Å². The average Bonchev–Trinajstić information content (AvgIpc) is 3.58. The van der Waals surface area contributed by atoms with E-state index >= 15 is 4.39 Å². The summed E-state index contributed by atoms with van der Waals surface area (Å²) in [7, 11) is -5.26. The molecule has 3 aliphatic heterocycles. The minimum absolute atomic E-state index is 0.0118. The summed E-state index contributed by atoms with van der Waals surface area (Å²) in [4.78, 5) is 36.4. The fourth-order valence-electron chi connectivity index (χ4n) is 6.62. The molecule has 278 valence electrons. The lowest BCUT2D eigenvalue weighted by Gasteiger charge is -2.49. The number of rotatable bonds is 8. The summed E-state index contributed by atoms with van der Waals surface area (Å²) in [5.74, 6) is -5.43. The molecule has 4 aromatic rings. The first-order valence-corrected chi connectivity index (χ1v) is 17.8. The zero-order valence-corrected chi connectivity index (χ0v) is 28.5. The van der Waals surface area contributed by atoms with Crippen LogP contribution in [-0.4, -0.2) is 79.9 Å². The first kappa shape index (κ1) is 36.1. The Morgan fingerprint density at radius 2 is 1.74 bits per heavy atom. The Morgan fingerprint density at radius 3 is 2.34 bits per heavy atom. The molecular formula is C34H30F5N7O6S. The standard InChI is InChI=1S/C34H30F5N7O6S/c35-21-9-12-44(17-21)53(49,50)46(52-32(48)34(37,38)39)29-8-6-27(36)30(26(29)16-40)51-24-5-7-28-25(15-24)31(47)45(20-42-28)23-3-1-22(2-4-23)43-13-10-33(11-14-43)18-41-19-33/h1-8,15,20-21,41H,9-14,17-19H2/t21-/m1/s1. The van der Waals surface area contributed by atoms with Crippen molar-refractivity contribution in [3.63, 3.8) is 0 Å². The zero-order chi connectivity index (χ0) is 37.7. The van der Waals surface area contributed by atoms with Crippen LogP contribution in [0, 0.1) is 22.6 Å². The monoisotopic (exact) mass is 759 g/mol. The fraction of sp³-hybridized carbons (Fsp3) is 0.353. The van der Waals surface area contributed by atoms with Crippen LogP contribution in [0.1, 0.15) is 24.8 Å². The molecule has 1 N–H and O–H groups in total. The lowest BCUT2D eigenvalue weighted by atomic mass is 9.73. The largest absolute Gasteiger partial charge is 0.493 e. The molecule has 3 fully saturated rings. The van der Waals surface area contributed by atoms with E-state index in [0.29, 0.717) is 27.5 Å². The highest BCUT2D eigenvalue weighted by atomic mass is 32.2. The molecule has 3 aromatic carbocycles. The van der Waals surface area contributed by atoms with Gasteiger partial charge in [-0.3, -0.25) is 9.36 Å². The molecule has 0 unspecified atom stereocenters. The van der Waals surface area contributed by atoms with Crippen LogP contribution in [0.3, 0.4) is 0 Å². The summed E-state index contributed by atoms with van der Waals surface area (Å²) in [5, 5.41) is 13.4. The Bertz CT molecular complexity index is 2280. The maximum Gasteiger partial charge on any atom is 0.493 e. The minimum Gasteiger partial charge on any atom is -0.453 e. The summed E-state index contributed by atoms with van der Waals surface area (Å²) in [6.45, 7) is 2.65. The van der Waals surface area contributed by atoms with Crippen molar-refractivity contribution in [3.8, 4) is 23.3 Å². The molecule has 1 atom stereocenters. The molecule has 0 aliphatic carbocycles. The van der Waals surface area contributed by atoms with Gasteiger partial charge in [0.2, 0.25) is 0 Å². The average molecular weight is 760 g/mol. The van der Waals surface area contributed by atoms with Gasteiger partial charge in [0.25, 0.3) is 5.56 Å². The number of carbonyl (C=O) groups excluding carboxylic acids is 1. The smallest absolute Gasteiger partial charge is 0.453 e. The van der Waals surface area contributed by atoms with Crippen molar-refractivity contribution in [2.24, 2.45) is 5.41 Å². The summed E-state index contributed by atoms with van der Waals surface area (Å²) < 4.78 is 103. The van der Waals surface area contributed by atoms with Crippen molar-refractivity contribution in [2.75, 3.05) is 48.6 Å². The van der Waals surface area contributed by atoms with E-state index < -0.39 is 74.5 Å². The Balaban J connectivity index is 1.19. The first-order valence-electron chi connectivity index (χ1n) is 16.4. The summed E-state index contributed by atoms with van der Waals surface area (Å²) in [6, 6.07) is 13.9. The SMILES string of the molecule is N#Cc1c(N(OC(=O)C(F)(F)F)S(=O)(=O)N2CC[C@@H](F)C2)ccc(F)c1Oc1ccc2ncn(-c3ccc(N4CCC5(CC4)CNC5)cc3)c(=O)c2c1. The van der Waals surface area contributed by atoms with E-state index in [2.05, 4.69) is 20.0 Å². The van der Waals surface area contributed by atoms with E-state index in [1.165, 1.54) is 35.2 Å². The molecule has 1 spiro atoms. The Labute approximate surface area is 298 Å². The highest BCUT2D eigenvalue weighted by molar-refractivity contribution is 7.90. The molecule has 13 nitrogen and oxygen atoms in total. The van der Waals surface area contributed by atoms with Crippen LogP contribution >= 0.6 is 0 Å². The van der Waals surface area contributed by atoms with E-state index in [4.69, 9.17) is 4.74 Å². The molecule has 53 heavy (non-hydrogen) atoms. The second-order valence-corrected chi connectivity index (χ2v) is 14.8. The topological polar surface area (TPSA) is 150 Å². The van der Waals surface area contributed by atoms with Crippen molar-refractivity contribution in [2.45, 2.75) is 31.6 Å². The maximum absolute atomic E-state index is 15.3. The number of aromatic nitrogens is 2. The number of benzene rings is 3. The van der Waals surface area contributed by atoms with Gasteiger partial charge < -0.3 is 19.8 Å². The van der Waals surface area contributed by atoms with Crippen molar-refractivity contribution >= 4 is 38.5 Å². The molecule has 1 aromatic heterocycles. The number of carbonyl (C=O) groups is 1. The first-order chi connectivity index (χ1) is 25.2. The van der Waals surface area contributed by atoms with Crippen molar-refractivity contribution in [1.29, 1.82) is 5.26 Å². The molecule has 19 heteroatoms. The van der Waals surface area contributed by atoms with Gasteiger partial charge in [-0.15, -0.1) is 0 Å². The van der Waals surface area contributed by atoms with E-state index in [0.717, 1.165) is 44.7 Å². The molecule has 3 saturated heterocycles. The van der Waals surface area contributed by atoms with Crippen molar-refractivity contribution < 1.29 is 44.7 Å². The Hall–Kier alpha value is -5.32. The van der Waals surface area contributed by atoms with Crippen molar-refractivity contribution in [3.05, 3.63) is 82.7 Å².